The molecule has 15 heavy (non-hydrogen) atoms. The molecule has 1 atom stereocenters. The zero-order valence-electron chi connectivity index (χ0n) is 8.17. The second-order valence-electron chi connectivity index (χ2n) is 3.19. The van der Waals surface area contributed by atoms with Gasteiger partial charge < -0.3 is 5.32 Å². The summed E-state index contributed by atoms with van der Waals surface area (Å²) in [6.07, 6.45) is 3.70. The Morgan fingerprint density at radius 1 is 1.73 bits per heavy atom. The van der Waals surface area contributed by atoms with Gasteiger partial charge in [-0.05, 0) is 25.2 Å². The third-order valence-corrected chi connectivity index (χ3v) is 2.85. The average Bonchev–Trinajstić information content (AvgIpc) is 2.77. The van der Waals surface area contributed by atoms with E-state index < -0.39 is 0 Å². The molecule has 2 rings (SSSR count). The Bertz CT molecular complexity index is 457. The van der Waals surface area contributed by atoms with Crippen LogP contribution in [0.3, 0.4) is 0 Å². The maximum absolute atomic E-state index is 4.94. The normalized spacial score (nSPS) is 12.6. The molecule has 0 radical (unpaired) electrons. The van der Waals surface area contributed by atoms with Crippen LogP contribution in [0.2, 0.25) is 0 Å². The van der Waals surface area contributed by atoms with Crippen molar-refractivity contribution in [3.05, 3.63) is 22.4 Å². The van der Waals surface area contributed by atoms with Crippen LogP contribution in [-0.2, 0) is 6.54 Å². The summed E-state index contributed by atoms with van der Waals surface area (Å²) in [5.41, 5.74) is 0. The lowest BCUT2D eigenvalue weighted by molar-refractivity contribution is 0.560. The van der Waals surface area contributed by atoms with Crippen LogP contribution in [0.15, 0.2) is 18.5 Å². The molecule has 2 N–H and O–H groups in total. The second kappa shape index (κ2) is 4.54. The number of nitrogens with one attached hydrogen (secondary N) is 2. The topological polar surface area (TPSA) is 58.5 Å². The molecule has 7 heteroatoms. The van der Waals surface area contributed by atoms with E-state index >= 15 is 0 Å². The van der Waals surface area contributed by atoms with E-state index in [4.69, 9.17) is 12.2 Å². The first kappa shape index (κ1) is 10.3. The molecule has 0 saturated heterocycles. The molecule has 0 saturated carbocycles. The number of aromatic amines is 1. The molecule has 1 unspecified atom stereocenters. The smallest absolute Gasteiger partial charge is 0.204 e. The van der Waals surface area contributed by atoms with E-state index in [1.807, 2.05) is 16.9 Å². The Labute approximate surface area is 96.1 Å². The molecule has 0 aromatic carbocycles. The van der Waals surface area contributed by atoms with E-state index in [-0.39, 0.29) is 6.04 Å². The molecular formula is C8H11N5S2. The van der Waals surface area contributed by atoms with E-state index in [1.165, 1.54) is 11.3 Å². The van der Waals surface area contributed by atoms with Crippen LogP contribution < -0.4 is 5.32 Å². The van der Waals surface area contributed by atoms with Gasteiger partial charge in [0.25, 0.3) is 0 Å². The van der Waals surface area contributed by atoms with E-state index in [1.54, 1.807) is 6.20 Å². The largest absolute Gasteiger partial charge is 0.356 e. The second-order valence-corrected chi connectivity index (χ2v) is 4.86. The number of hydrogen-bond acceptors (Lipinski definition) is 5. The maximum Gasteiger partial charge on any atom is 0.204 e. The maximum atomic E-state index is 4.94. The Morgan fingerprint density at radius 2 is 2.60 bits per heavy atom. The molecule has 0 bridgehead atoms. The summed E-state index contributed by atoms with van der Waals surface area (Å²) in [6, 6.07) is 2.17. The Kier molecular flexibility index (Phi) is 3.12. The molecule has 0 fully saturated rings. The first-order valence-electron chi connectivity index (χ1n) is 4.53. The molecule has 2 aromatic heterocycles. The fourth-order valence-corrected chi connectivity index (χ4v) is 2.14. The molecule has 0 spiro atoms. The first-order valence-corrected chi connectivity index (χ1v) is 5.76. The van der Waals surface area contributed by atoms with Gasteiger partial charge in [-0.2, -0.15) is 5.10 Å². The van der Waals surface area contributed by atoms with Gasteiger partial charge in [-0.15, -0.1) is 5.10 Å². The molecule has 0 aliphatic carbocycles. The number of anilines is 1. The van der Waals surface area contributed by atoms with Gasteiger partial charge in [0.15, 0.2) is 3.95 Å². The van der Waals surface area contributed by atoms with E-state index in [0.29, 0.717) is 3.95 Å². The highest BCUT2D eigenvalue weighted by Gasteiger charge is 2.05. The number of nitrogens with zero attached hydrogens (tertiary/aromatic N) is 3. The third kappa shape index (κ3) is 2.87. The molecular weight excluding hydrogens is 230 g/mol. The monoisotopic (exact) mass is 241 g/mol. The van der Waals surface area contributed by atoms with Gasteiger partial charge in [0.05, 0.1) is 6.54 Å². The van der Waals surface area contributed by atoms with Gasteiger partial charge in [-0.3, -0.25) is 9.78 Å². The summed E-state index contributed by atoms with van der Waals surface area (Å²) in [6.45, 7) is 2.88. The summed E-state index contributed by atoms with van der Waals surface area (Å²) < 4.78 is 2.56. The van der Waals surface area contributed by atoms with Crippen LogP contribution in [0, 0.1) is 3.95 Å². The highest BCUT2D eigenvalue weighted by Crippen LogP contribution is 2.12. The Hall–Kier alpha value is -1.21. The standard InChI is InChI=1S/C8H11N5S2/c1-6(5-13-4-2-3-9-13)10-7-11-12-8(14)15-7/h2-4,6H,5H2,1H3,(H,10,11)(H,12,14). The van der Waals surface area contributed by atoms with Gasteiger partial charge in [0.2, 0.25) is 5.13 Å². The fraction of sp³-hybridized carbons (Fsp3) is 0.375. The summed E-state index contributed by atoms with van der Waals surface area (Å²) in [5, 5.41) is 15.0. The average molecular weight is 241 g/mol. The van der Waals surface area contributed by atoms with Crippen LogP contribution in [-0.4, -0.2) is 26.0 Å². The highest BCUT2D eigenvalue weighted by molar-refractivity contribution is 7.73. The zero-order chi connectivity index (χ0) is 10.7. The number of hydrogen-bond donors (Lipinski definition) is 2. The van der Waals surface area contributed by atoms with Gasteiger partial charge in [-0.1, -0.05) is 11.3 Å². The van der Waals surface area contributed by atoms with Crippen molar-refractivity contribution in [2.75, 3.05) is 5.32 Å². The van der Waals surface area contributed by atoms with Crippen LogP contribution in [0.1, 0.15) is 6.92 Å². The van der Waals surface area contributed by atoms with Crippen LogP contribution in [0.25, 0.3) is 0 Å². The molecule has 2 heterocycles. The lowest BCUT2D eigenvalue weighted by atomic mass is 10.3. The summed E-state index contributed by atoms with van der Waals surface area (Å²) in [5.74, 6) is 0. The van der Waals surface area contributed by atoms with Crippen molar-refractivity contribution in [1.82, 2.24) is 20.0 Å². The lowest BCUT2D eigenvalue weighted by Gasteiger charge is -2.11. The van der Waals surface area contributed by atoms with Crippen LogP contribution in [0.4, 0.5) is 5.13 Å². The molecule has 5 nitrogen and oxygen atoms in total. The van der Waals surface area contributed by atoms with E-state index in [9.17, 15) is 0 Å². The molecule has 0 amide bonds. The van der Waals surface area contributed by atoms with Crippen molar-refractivity contribution >= 4 is 28.7 Å². The summed E-state index contributed by atoms with van der Waals surface area (Å²) in [7, 11) is 0. The molecule has 2 aromatic rings. The Balaban J connectivity index is 1.92. The van der Waals surface area contributed by atoms with Crippen molar-refractivity contribution in [3.63, 3.8) is 0 Å². The van der Waals surface area contributed by atoms with Crippen molar-refractivity contribution in [1.29, 1.82) is 0 Å². The van der Waals surface area contributed by atoms with Crippen molar-refractivity contribution in [2.45, 2.75) is 19.5 Å². The number of rotatable bonds is 4. The lowest BCUT2D eigenvalue weighted by Crippen LogP contribution is -2.22. The fourth-order valence-electron chi connectivity index (χ4n) is 1.24. The third-order valence-electron chi connectivity index (χ3n) is 1.83. The minimum Gasteiger partial charge on any atom is -0.356 e. The van der Waals surface area contributed by atoms with Crippen molar-refractivity contribution in [2.24, 2.45) is 0 Å². The molecule has 0 aliphatic heterocycles. The van der Waals surface area contributed by atoms with Gasteiger partial charge >= 0.3 is 0 Å². The SMILES string of the molecule is CC(Cn1cccn1)Nc1n[nH]c(=S)s1. The van der Waals surface area contributed by atoms with E-state index in [0.717, 1.165) is 11.7 Å². The van der Waals surface area contributed by atoms with Crippen LogP contribution in [0.5, 0.6) is 0 Å². The van der Waals surface area contributed by atoms with Gasteiger partial charge in [0.1, 0.15) is 0 Å². The van der Waals surface area contributed by atoms with Crippen molar-refractivity contribution in [3.8, 4) is 0 Å². The van der Waals surface area contributed by atoms with E-state index in [2.05, 4.69) is 27.5 Å². The van der Waals surface area contributed by atoms with Gasteiger partial charge in [0, 0.05) is 18.4 Å². The summed E-state index contributed by atoms with van der Waals surface area (Å²) >= 11 is 6.38. The summed E-state index contributed by atoms with van der Waals surface area (Å²) in [4.78, 5) is 0. The zero-order valence-corrected chi connectivity index (χ0v) is 9.81. The number of aromatic nitrogens is 4. The van der Waals surface area contributed by atoms with Crippen molar-refractivity contribution < 1.29 is 0 Å². The predicted molar refractivity (Wildman–Crippen MR) is 62.6 cm³/mol. The minimum absolute atomic E-state index is 0.263. The predicted octanol–water partition coefficient (Wildman–Crippen LogP) is 1.90. The molecule has 80 valence electrons. The highest BCUT2D eigenvalue weighted by atomic mass is 32.1. The van der Waals surface area contributed by atoms with Gasteiger partial charge in [-0.25, -0.2) is 0 Å². The Morgan fingerprint density at radius 3 is 3.20 bits per heavy atom. The minimum atomic E-state index is 0.263. The molecule has 0 aliphatic rings. The van der Waals surface area contributed by atoms with Crippen LogP contribution >= 0.6 is 23.6 Å². The quantitative estimate of drug-likeness (QED) is 0.803. The first-order chi connectivity index (χ1) is 7.24. The number of H-pyrrole nitrogens is 1.